The van der Waals surface area contributed by atoms with Crippen molar-refractivity contribution in [1.82, 2.24) is 0 Å². The van der Waals surface area contributed by atoms with Crippen molar-refractivity contribution in [2.75, 3.05) is 19.0 Å². The summed E-state index contributed by atoms with van der Waals surface area (Å²) in [6.45, 7) is 0. The van der Waals surface area contributed by atoms with Crippen LogP contribution in [0.25, 0.3) is 11.1 Å². The zero-order chi connectivity index (χ0) is 20.7. The Bertz CT molecular complexity index is 1190. The number of nitrogens with zero attached hydrogens (tertiary/aromatic N) is 1. The molecule has 0 aliphatic heterocycles. The molecule has 0 bridgehead atoms. The summed E-state index contributed by atoms with van der Waals surface area (Å²) in [5, 5.41) is 9.06. The van der Waals surface area contributed by atoms with E-state index in [1.807, 2.05) is 44.4 Å². The minimum atomic E-state index is 0.132. The predicted octanol–water partition coefficient (Wildman–Crippen LogP) is 6.33. The van der Waals surface area contributed by atoms with Crippen molar-refractivity contribution < 1.29 is 0 Å². The molecule has 4 aromatic rings. The maximum absolute atomic E-state index is 9.06. The van der Waals surface area contributed by atoms with Gasteiger partial charge in [-0.1, -0.05) is 84.9 Å². The molecule has 0 radical (unpaired) electrons. The zero-order valence-corrected chi connectivity index (χ0v) is 17.3. The standard InChI is InChI=1S/C28H24N2/c1-30(2)20-16-17-25(26(18-20)28(29)19-10-4-3-5-11-19)27-23-14-8-6-12-21(23)22-13-7-9-15-24(22)27/h3-18,27,29H,1-2H3. The second-order valence-corrected chi connectivity index (χ2v) is 8.01. The molecule has 4 aromatic carbocycles. The third-order valence-electron chi connectivity index (χ3n) is 6.03. The molecule has 0 spiro atoms. The lowest BCUT2D eigenvalue weighted by Crippen LogP contribution is -2.14. The van der Waals surface area contributed by atoms with Gasteiger partial charge < -0.3 is 4.90 Å². The first-order chi connectivity index (χ1) is 14.6. The van der Waals surface area contributed by atoms with Gasteiger partial charge in [0.05, 0.1) is 5.71 Å². The molecule has 0 saturated carbocycles. The highest BCUT2D eigenvalue weighted by Crippen LogP contribution is 2.49. The van der Waals surface area contributed by atoms with Crippen LogP contribution in [0, 0.1) is 5.41 Å². The number of hydrogen-bond donors (Lipinski definition) is 1. The summed E-state index contributed by atoms with van der Waals surface area (Å²) in [5.74, 6) is 0.132. The van der Waals surface area contributed by atoms with Gasteiger partial charge in [0.25, 0.3) is 0 Å². The van der Waals surface area contributed by atoms with E-state index in [9.17, 15) is 0 Å². The molecule has 30 heavy (non-hydrogen) atoms. The van der Waals surface area contributed by atoms with Gasteiger partial charge in [0.15, 0.2) is 0 Å². The van der Waals surface area contributed by atoms with Crippen LogP contribution in [-0.2, 0) is 0 Å². The molecule has 1 aliphatic carbocycles. The first-order valence-corrected chi connectivity index (χ1v) is 10.3. The van der Waals surface area contributed by atoms with Crippen LogP contribution >= 0.6 is 0 Å². The minimum absolute atomic E-state index is 0.132. The van der Waals surface area contributed by atoms with E-state index in [0.717, 1.165) is 16.8 Å². The Morgan fingerprint density at radius 3 is 1.83 bits per heavy atom. The van der Waals surface area contributed by atoms with Crippen molar-refractivity contribution >= 4 is 11.4 Å². The average Bonchev–Trinajstić information content (AvgIpc) is 3.13. The van der Waals surface area contributed by atoms with Crippen LogP contribution in [0.1, 0.15) is 33.7 Å². The van der Waals surface area contributed by atoms with Crippen molar-refractivity contribution in [2.45, 2.75) is 5.92 Å². The molecule has 5 rings (SSSR count). The van der Waals surface area contributed by atoms with Crippen molar-refractivity contribution in [3.63, 3.8) is 0 Å². The summed E-state index contributed by atoms with van der Waals surface area (Å²) < 4.78 is 0. The Morgan fingerprint density at radius 1 is 0.667 bits per heavy atom. The molecular formula is C28H24N2. The van der Waals surface area contributed by atoms with E-state index >= 15 is 0 Å². The van der Waals surface area contributed by atoms with Gasteiger partial charge in [-0.3, -0.25) is 5.41 Å². The highest BCUT2D eigenvalue weighted by molar-refractivity contribution is 6.12. The molecule has 1 aliphatic rings. The normalized spacial score (nSPS) is 12.3. The van der Waals surface area contributed by atoms with E-state index in [1.165, 1.54) is 27.8 Å². The second kappa shape index (κ2) is 7.31. The maximum atomic E-state index is 9.06. The Morgan fingerprint density at radius 2 is 1.23 bits per heavy atom. The van der Waals surface area contributed by atoms with E-state index in [2.05, 4.69) is 71.6 Å². The van der Waals surface area contributed by atoms with Gasteiger partial charge >= 0.3 is 0 Å². The van der Waals surface area contributed by atoms with Gasteiger partial charge in [0.1, 0.15) is 0 Å². The van der Waals surface area contributed by atoms with E-state index in [-0.39, 0.29) is 5.92 Å². The maximum Gasteiger partial charge on any atom is 0.0688 e. The van der Waals surface area contributed by atoms with Crippen LogP contribution in [0.15, 0.2) is 97.1 Å². The van der Waals surface area contributed by atoms with E-state index < -0.39 is 0 Å². The molecule has 146 valence electrons. The molecule has 0 heterocycles. The number of benzene rings is 4. The summed E-state index contributed by atoms with van der Waals surface area (Å²) in [6, 6.07) is 33.9. The van der Waals surface area contributed by atoms with E-state index in [0.29, 0.717) is 5.71 Å². The smallest absolute Gasteiger partial charge is 0.0688 e. The Balaban J connectivity index is 1.75. The summed E-state index contributed by atoms with van der Waals surface area (Å²) in [6.07, 6.45) is 0. The highest BCUT2D eigenvalue weighted by atomic mass is 15.1. The Hall–Kier alpha value is -3.65. The number of nitrogens with one attached hydrogen (secondary N) is 1. The molecule has 1 N–H and O–H groups in total. The fourth-order valence-electron chi connectivity index (χ4n) is 4.54. The lowest BCUT2D eigenvalue weighted by Gasteiger charge is -2.22. The van der Waals surface area contributed by atoms with Crippen molar-refractivity contribution in [2.24, 2.45) is 0 Å². The SMILES string of the molecule is CN(C)c1ccc(C2c3ccccc3-c3ccccc32)c(C(=N)c2ccccc2)c1. The van der Waals surface area contributed by atoms with Gasteiger partial charge in [-0.2, -0.15) is 0 Å². The average molecular weight is 389 g/mol. The molecular weight excluding hydrogens is 364 g/mol. The van der Waals surface area contributed by atoms with E-state index in [4.69, 9.17) is 5.41 Å². The fraction of sp³-hybridized carbons (Fsp3) is 0.107. The van der Waals surface area contributed by atoms with Crippen LogP contribution in [0.3, 0.4) is 0 Å². The molecule has 0 unspecified atom stereocenters. The van der Waals surface area contributed by atoms with Crippen LogP contribution in [-0.4, -0.2) is 19.8 Å². The number of hydrogen-bond acceptors (Lipinski definition) is 2. The lowest BCUT2D eigenvalue weighted by atomic mass is 9.83. The summed E-state index contributed by atoms with van der Waals surface area (Å²) in [4.78, 5) is 2.10. The zero-order valence-electron chi connectivity index (χ0n) is 17.3. The van der Waals surface area contributed by atoms with Crippen LogP contribution in [0.4, 0.5) is 5.69 Å². The number of anilines is 1. The van der Waals surface area contributed by atoms with Crippen molar-refractivity contribution in [1.29, 1.82) is 5.41 Å². The monoisotopic (exact) mass is 388 g/mol. The second-order valence-electron chi connectivity index (χ2n) is 8.01. The topological polar surface area (TPSA) is 27.1 Å². The summed E-state index contributed by atoms with van der Waals surface area (Å²) >= 11 is 0. The quantitative estimate of drug-likeness (QED) is 0.358. The molecule has 0 atom stereocenters. The summed E-state index contributed by atoms with van der Waals surface area (Å²) in [7, 11) is 4.09. The fourth-order valence-corrected chi connectivity index (χ4v) is 4.54. The third-order valence-corrected chi connectivity index (χ3v) is 6.03. The lowest BCUT2D eigenvalue weighted by molar-refractivity contribution is 1.01. The van der Waals surface area contributed by atoms with Gasteiger partial charge in [-0.25, -0.2) is 0 Å². The van der Waals surface area contributed by atoms with Gasteiger partial charge in [-0.15, -0.1) is 0 Å². The minimum Gasteiger partial charge on any atom is -0.378 e. The first kappa shape index (κ1) is 18.4. The number of fused-ring (bicyclic) bond motifs is 3. The molecule has 0 fully saturated rings. The van der Waals surface area contributed by atoms with Crippen molar-refractivity contribution in [3.05, 3.63) is 125 Å². The molecule has 2 heteroatoms. The molecule has 0 amide bonds. The summed E-state index contributed by atoms with van der Waals surface area (Å²) in [5.41, 5.74) is 10.0. The first-order valence-electron chi connectivity index (χ1n) is 10.3. The molecule has 2 nitrogen and oxygen atoms in total. The molecule has 0 saturated heterocycles. The Kier molecular flexibility index (Phi) is 4.48. The third kappa shape index (κ3) is 2.93. The number of rotatable bonds is 4. The van der Waals surface area contributed by atoms with Crippen LogP contribution in [0.2, 0.25) is 0 Å². The van der Waals surface area contributed by atoms with Crippen LogP contribution < -0.4 is 4.90 Å². The van der Waals surface area contributed by atoms with Gasteiger partial charge in [0, 0.05) is 36.8 Å². The van der Waals surface area contributed by atoms with Crippen LogP contribution in [0.5, 0.6) is 0 Å². The Labute approximate surface area is 178 Å². The largest absolute Gasteiger partial charge is 0.378 e. The van der Waals surface area contributed by atoms with Gasteiger partial charge in [0.2, 0.25) is 0 Å². The highest BCUT2D eigenvalue weighted by Gasteiger charge is 2.31. The van der Waals surface area contributed by atoms with E-state index in [1.54, 1.807) is 0 Å². The predicted molar refractivity (Wildman–Crippen MR) is 126 cm³/mol. The van der Waals surface area contributed by atoms with Crippen molar-refractivity contribution in [3.8, 4) is 11.1 Å². The molecule has 0 aromatic heterocycles. The van der Waals surface area contributed by atoms with Gasteiger partial charge in [-0.05, 0) is 39.9 Å².